The summed E-state index contributed by atoms with van der Waals surface area (Å²) in [7, 11) is 0. The Labute approximate surface area is 171 Å². The molecule has 1 aliphatic rings. The molecule has 1 aliphatic carbocycles. The van der Waals surface area contributed by atoms with E-state index >= 15 is 0 Å². The summed E-state index contributed by atoms with van der Waals surface area (Å²) in [5.74, 6) is -0.131. The Bertz CT molecular complexity index is 737. The minimum atomic E-state index is -0.895. The maximum atomic E-state index is 12.6. The maximum absolute atomic E-state index is 12.6. The van der Waals surface area contributed by atoms with Crippen molar-refractivity contribution < 1.29 is 9.53 Å². The monoisotopic (exact) mass is 415 g/mol. The van der Waals surface area contributed by atoms with Gasteiger partial charge in [0.05, 0.1) is 11.8 Å². The fraction of sp³-hybridized carbons (Fsp3) is 0.500. The highest BCUT2D eigenvalue weighted by Gasteiger charge is 2.62. The van der Waals surface area contributed by atoms with Crippen molar-refractivity contribution in [2.24, 2.45) is 11.1 Å². The van der Waals surface area contributed by atoms with Gasteiger partial charge in [-0.3, -0.25) is 4.79 Å². The van der Waals surface area contributed by atoms with Gasteiger partial charge in [-0.15, -0.1) is 24.8 Å². The summed E-state index contributed by atoms with van der Waals surface area (Å²) >= 11 is 0. The fourth-order valence-corrected chi connectivity index (χ4v) is 3.27. The predicted molar refractivity (Wildman–Crippen MR) is 108 cm³/mol. The molecule has 2 aromatic rings. The lowest BCUT2D eigenvalue weighted by atomic mass is 9.54. The molecule has 1 aromatic carbocycles. The van der Waals surface area contributed by atoms with E-state index in [4.69, 9.17) is 10.5 Å². The van der Waals surface area contributed by atoms with Gasteiger partial charge in [0.25, 0.3) is 0 Å². The standard InChI is InChI=1S/C18H25N5O2.2ClH/c1-4-25-15-9-18(19,17(15,2)3)16(24)21-10-13-5-7-14(8-6-13)23-12-20-11-22-23;;/h5-8,11-12,15H,4,9-10,19H2,1-3H3,(H,21,24);2*1H. The lowest BCUT2D eigenvalue weighted by Gasteiger charge is -2.57. The highest BCUT2D eigenvalue weighted by molar-refractivity contribution is 5.88. The third-order valence-corrected chi connectivity index (χ3v) is 5.31. The van der Waals surface area contributed by atoms with E-state index in [-0.39, 0.29) is 42.2 Å². The smallest absolute Gasteiger partial charge is 0.241 e. The molecule has 9 heteroatoms. The van der Waals surface area contributed by atoms with Crippen LogP contribution in [-0.4, -0.2) is 38.9 Å². The van der Waals surface area contributed by atoms with Crippen LogP contribution in [0.3, 0.4) is 0 Å². The molecular formula is C18H27Cl2N5O2. The van der Waals surface area contributed by atoms with E-state index in [1.54, 1.807) is 11.0 Å². The number of amides is 1. The Morgan fingerprint density at radius 1 is 1.33 bits per heavy atom. The molecule has 0 saturated heterocycles. The van der Waals surface area contributed by atoms with E-state index in [1.807, 2.05) is 45.0 Å². The number of benzene rings is 1. The van der Waals surface area contributed by atoms with Crippen LogP contribution < -0.4 is 11.1 Å². The van der Waals surface area contributed by atoms with E-state index in [2.05, 4.69) is 15.4 Å². The lowest BCUT2D eigenvalue weighted by Crippen LogP contribution is -2.75. The molecule has 1 fully saturated rings. The van der Waals surface area contributed by atoms with Crippen LogP contribution in [0.4, 0.5) is 0 Å². The topological polar surface area (TPSA) is 95.1 Å². The quantitative estimate of drug-likeness (QED) is 0.753. The third-order valence-electron chi connectivity index (χ3n) is 5.31. The van der Waals surface area contributed by atoms with Gasteiger partial charge in [-0.05, 0) is 24.6 Å². The number of nitrogens with zero attached hydrogens (tertiary/aromatic N) is 3. The van der Waals surface area contributed by atoms with Gasteiger partial charge in [-0.1, -0.05) is 26.0 Å². The van der Waals surface area contributed by atoms with Crippen LogP contribution >= 0.6 is 24.8 Å². The average Bonchev–Trinajstić information content (AvgIpc) is 3.14. The Morgan fingerprint density at radius 3 is 2.52 bits per heavy atom. The first-order chi connectivity index (χ1) is 11.9. The number of nitrogens with two attached hydrogens (primary N) is 1. The number of carbonyl (C=O) groups excluding carboxylic acids is 1. The molecule has 0 aliphatic heterocycles. The average molecular weight is 416 g/mol. The maximum Gasteiger partial charge on any atom is 0.241 e. The number of ether oxygens (including phenoxy) is 1. The summed E-state index contributed by atoms with van der Waals surface area (Å²) in [6.45, 7) is 7.00. The first-order valence-electron chi connectivity index (χ1n) is 8.51. The first-order valence-corrected chi connectivity index (χ1v) is 8.51. The molecule has 27 heavy (non-hydrogen) atoms. The SMILES string of the molecule is CCOC1CC(N)(C(=O)NCc2ccc(-n3cncn3)cc2)C1(C)C.Cl.Cl. The van der Waals surface area contributed by atoms with Crippen molar-refractivity contribution >= 4 is 30.7 Å². The van der Waals surface area contributed by atoms with Crippen molar-refractivity contribution in [3.8, 4) is 5.69 Å². The number of aromatic nitrogens is 3. The normalized spacial score (nSPS) is 22.7. The zero-order valence-electron chi connectivity index (χ0n) is 15.7. The fourth-order valence-electron chi connectivity index (χ4n) is 3.27. The van der Waals surface area contributed by atoms with Crippen molar-refractivity contribution in [2.75, 3.05) is 6.61 Å². The van der Waals surface area contributed by atoms with E-state index in [1.165, 1.54) is 6.33 Å². The van der Waals surface area contributed by atoms with Gasteiger partial charge >= 0.3 is 0 Å². The van der Waals surface area contributed by atoms with E-state index in [0.29, 0.717) is 19.6 Å². The van der Waals surface area contributed by atoms with Crippen LogP contribution in [-0.2, 0) is 16.1 Å². The molecule has 1 amide bonds. The van der Waals surface area contributed by atoms with Gasteiger partial charge in [0, 0.05) is 25.0 Å². The second kappa shape index (κ2) is 9.01. The number of rotatable bonds is 6. The number of nitrogens with one attached hydrogen (secondary N) is 1. The van der Waals surface area contributed by atoms with Crippen molar-refractivity contribution in [1.82, 2.24) is 20.1 Å². The second-order valence-corrected chi connectivity index (χ2v) is 7.03. The molecular weight excluding hydrogens is 389 g/mol. The molecule has 0 spiro atoms. The number of carbonyl (C=O) groups is 1. The predicted octanol–water partition coefficient (Wildman–Crippen LogP) is 2.26. The summed E-state index contributed by atoms with van der Waals surface area (Å²) in [6, 6.07) is 7.78. The summed E-state index contributed by atoms with van der Waals surface area (Å²) in [6.07, 6.45) is 3.70. The summed E-state index contributed by atoms with van der Waals surface area (Å²) < 4.78 is 7.36. The van der Waals surface area contributed by atoms with Crippen molar-refractivity contribution in [2.45, 2.75) is 45.4 Å². The van der Waals surface area contributed by atoms with Crippen molar-refractivity contribution in [3.63, 3.8) is 0 Å². The highest BCUT2D eigenvalue weighted by atomic mass is 35.5. The molecule has 1 saturated carbocycles. The van der Waals surface area contributed by atoms with E-state index in [0.717, 1.165) is 11.3 Å². The van der Waals surface area contributed by atoms with Gasteiger partial charge in [0.15, 0.2) is 0 Å². The molecule has 1 heterocycles. The molecule has 0 radical (unpaired) electrons. The van der Waals surface area contributed by atoms with Gasteiger partial charge in [-0.2, -0.15) is 5.10 Å². The summed E-state index contributed by atoms with van der Waals surface area (Å²) in [4.78, 5) is 16.6. The van der Waals surface area contributed by atoms with Crippen LogP contribution in [0.2, 0.25) is 0 Å². The minimum absolute atomic E-state index is 0. The van der Waals surface area contributed by atoms with Crippen LogP contribution in [0.25, 0.3) is 5.69 Å². The second-order valence-electron chi connectivity index (χ2n) is 7.03. The molecule has 1 aromatic heterocycles. The van der Waals surface area contributed by atoms with Crippen LogP contribution in [0.1, 0.15) is 32.8 Å². The molecule has 2 unspecified atom stereocenters. The number of hydrogen-bond acceptors (Lipinski definition) is 5. The van der Waals surface area contributed by atoms with Crippen LogP contribution in [0.15, 0.2) is 36.9 Å². The Kier molecular flexibility index (Phi) is 7.80. The molecule has 7 nitrogen and oxygen atoms in total. The molecule has 150 valence electrons. The molecule has 3 rings (SSSR count). The summed E-state index contributed by atoms with van der Waals surface area (Å²) in [5.41, 5.74) is 7.02. The third kappa shape index (κ3) is 4.27. The molecule has 0 bridgehead atoms. The Hall–Kier alpha value is -1.67. The van der Waals surface area contributed by atoms with Gasteiger partial charge in [0.2, 0.25) is 5.91 Å². The molecule has 3 N–H and O–H groups in total. The Morgan fingerprint density at radius 2 is 2.00 bits per heavy atom. The summed E-state index contributed by atoms with van der Waals surface area (Å²) in [5, 5.41) is 7.05. The van der Waals surface area contributed by atoms with Gasteiger partial charge in [0.1, 0.15) is 18.2 Å². The van der Waals surface area contributed by atoms with Crippen LogP contribution in [0, 0.1) is 5.41 Å². The van der Waals surface area contributed by atoms with Gasteiger partial charge < -0.3 is 15.8 Å². The first kappa shape index (κ1) is 23.4. The van der Waals surface area contributed by atoms with Crippen LogP contribution in [0.5, 0.6) is 0 Å². The number of halogens is 2. The van der Waals surface area contributed by atoms with Crippen molar-refractivity contribution in [3.05, 3.63) is 42.5 Å². The highest BCUT2D eigenvalue weighted by Crippen LogP contribution is 2.49. The largest absolute Gasteiger partial charge is 0.378 e. The van der Waals surface area contributed by atoms with E-state index < -0.39 is 5.54 Å². The lowest BCUT2D eigenvalue weighted by molar-refractivity contribution is -0.170. The van der Waals surface area contributed by atoms with Crippen molar-refractivity contribution in [1.29, 1.82) is 0 Å². The minimum Gasteiger partial charge on any atom is -0.378 e. The Balaban J connectivity index is 0.00000182. The van der Waals surface area contributed by atoms with E-state index in [9.17, 15) is 4.79 Å². The zero-order valence-corrected chi connectivity index (χ0v) is 17.3. The molecule has 2 atom stereocenters. The zero-order chi connectivity index (χ0) is 18.1. The number of hydrogen-bond donors (Lipinski definition) is 2. The van der Waals surface area contributed by atoms with Gasteiger partial charge in [-0.25, -0.2) is 9.67 Å².